The van der Waals surface area contributed by atoms with Gasteiger partial charge in [0, 0.05) is 6.54 Å². The molecule has 2 nitrogen and oxygen atoms in total. The summed E-state index contributed by atoms with van der Waals surface area (Å²) in [6.45, 7) is 11.7. The Morgan fingerprint density at radius 1 is 1.19 bits per heavy atom. The minimum Gasteiger partial charge on any atom is -0.492 e. The first-order valence-electron chi connectivity index (χ1n) is 8.41. The molecule has 0 amide bonds. The van der Waals surface area contributed by atoms with Crippen LogP contribution in [0.2, 0.25) is 0 Å². The standard InChI is InChI=1S/C19H31NO/c1-15-13-17(19(2,3)4)9-10-18(15)21-12-11-20-14-16-7-5-6-8-16/h9-10,13,16,20H,5-8,11-12,14H2,1-4H3. The first-order chi connectivity index (χ1) is 9.97. The quantitative estimate of drug-likeness (QED) is 0.781. The number of ether oxygens (including phenoxy) is 1. The van der Waals surface area contributed by atoms with Gasteiger partial charge in [-0.05, 0) is 54.8 Å². The summed E-state index contributed by atoms with van der Waals surface area (Å²) in [6.07, 6.45) is 5.65. The molecule has 0 radical (unpaired) electrons. The summed E-state index contributed by atoms with van der Waals surface area (Å²) in [6, 6.07) is 6.56. The van der Waals surface area contributed by atoms with Gasteiger partial charge in [0.05, 0.1) is 0 Å². The second-order valence-corrected chi connectivity index (χ2v) is 7.43. The van der Waals surface area contributed by atoms with Crippen molar-refractivity contribution in [2.45, 2.75) is 58.8 Å². The largest absolute Gasteiger partial charge is 0.492 e. The van der Waals surface area contributed by atoms with E-state index >= 15 is 0 Å². The van der Waals surface area contributed by atoms with Crippen LogP contribution in [-0.4, -0.2) is 19.7 Å². The molecule has 0 bridgehead atoms. The molecule has 118 valence electrons. The molecule has 1 saturated carbocycles. The summed E-state index contributed by atoms with van der Waals surface area (Å²) in [5.74, 6) is 1.92. The Balaban J connectivity index is 1.73. The molecule has 0 aliphatic heterocycles. The van der Waals surface area contributed by atoms with Crippen molar-refractivity contribution < 1.29 is 4.74 Å². The monoisotopic (exact) mass is 289 g/mol. The Hall–Kier alpha value is -1.02. The average molecular weight is 289 g/mol. The molecule has 1 aromatic rings. The highest BCUT2D eigenvalue weighted by Gasteiger charge is 2.15. The van der Waals surface area contributed by atoms with E-state index in [0.717, 1.165) is 31.4 Å². The highest BCUT2D eigenvalue weighted by atomic mass is 16.5. The Bertz CT molecular complexity index is 441. The summed E-state index contributed by atoms with van der Waals surface area (Å²) in [5.41, 5.74) is 2.80. The summed E-state index contributed by atoms with van der Waals surface area (Å²) < 4.78 is 5.91. The number of rotatable bonds is 6. The van der Waals surface area contributed by atoms with Crippen LogP contribution in [0.5, 0.6) is 5.75 Å². The number of nitrogens with one attached hydrogen (secondary N) is 1. The van der Waals surface area contributed by atoms with Crippen LogP contribution in [0, 0.1) is 12.8 Å². The zero-order valence-corrected chi connectivity index (χ0v) is 14.2. The maximum atomic E-state index is 5.91. The summed E-state index contributed by atoms with van der Waals surface area (Å²) in [4.78, 5) is 0. The Morgan fingerprint density at radius 3 is 2.52 bits per heavy atom. The summed E-state index contributed by atoms with van der Waals surface area (Å²) >= 11 is 0. The molecule has 1 aliphatic rings. The Morgan fingerprint density at radius 2 is 1.90 bits per heavy atom. The Kier molecular flexibility index (Phi) is 5.69. The molecular weight excluding hydrogens is 258 g/mol. The van der Waals surface area contributed by atoms with Gasteiger partial charge in [0.15, 0.2) is 0 Å². The zero-order chi connectivity index (χ0) is 15.3. The first kappa shape index (κ1) is 16.4. The topological polar surface area (TPSA) is 21.3 Å². The van der Waals surface area contributed by atoms with E-state index in [2.05, 4.69) is 51.2 Å². The van der Waals surface area contributed by atoms with Crippen molar-refractivity contribution in [3.8, 4) is 5.75 Å². The SMILES string of the molecule is Cc1cc(C(C)(C)C)ccc1OCCNCC1CCCC1. The maximum Gasteiger partial charge on any atom is 0.122 e. The van der Waals surface area contributed by atoms with Crippen molar-refractivity contribution in [2.24, 2.45) is 5.92 Å². The minimum atomic E-state index is 0.201. The van der Waals surface area contributed by atoms with Crippen LogP contribution in [0.15, 0.2) is 18.2 Å². The van der Waals surface area contributed by atoms with E-state index in [-0.39, 0.29) is 5.41 Å². The van der Waals surface area contributed by atoms with Crippen molar-refractivity contribution in [1.82, 2.24) is 5.32 Å². The number of hydrogen-bond donors (Lipinski definition) is 1. The molecule has 1 N–H and O–H groups in total. The molecule has 1 aromatic carbocycles. The Labute approximate surface area is 130 Å². The van der Waals surface area contributed by atoms with Gasteiger partial charge in [0.1, 0.15) is 12.4 Å². The molecule has 0 saturated heterocycles. The molecule has 21 heavy (non-hydrogen) atoms. The highest BCUT2D eigenvalue weighted by Crippen LogP contribution is 2.27. The predicted molar refractivity (Wildman–Crippen MR) is 90.2 cm³/mol. The van der Waals surface area contributed by atoms with Gasteiger partial charge in [-0.2, -0.15) is 0 Å². The molecule has 1 fully saturated rings. The van der Waals surface area contributed by atoms with E-state index in [1.54, 1.807) is 0 Å². The molecule has 0 spiro atoms. The van der Waals surface area contributed by atoms with Gasteiger partial charge in [-0.15, -0.1) is 0 Å². The second-order valence-electron chi connectivity index (χ2n) is 7.43. The van der Waals surface area contributed by atoms with E-state index in [0.29, 0.717) is 0 Å². The van der Waals surface area contributed by atoms with Crippen LogP contribution in [0.3, 0.4) is 0 Å². The highest BCUT2D eigenvalue weighted by molar-refractivity contribution is 5.38. The maximum absolute atomic E-state index is 5.91. The van der Waals surface area contributed by atoms with Crippen molar-refractivity contribution in [3.05, 3.63) is 29.3 Å². The lowest BCUT2D eigenvalue weighted by molar-refractivity contribution is 0.306. The molecule has 2 heteroatoms. The van der Waals surface area contributed by atoms with Crippen LogP contribution < -0.4 is 10.1 Å². The summed E-state index contributed by atoms with van der Waals surface area (Å²) in [5, 5.41) is 3.53. The van der Waals surface area contributed by atoms with Crippen LogP contribution in [0.25, 0.3) is 0 Å². The van der Waals surface area contributed by atoms with E-state index < -0.39 is 0 Å². The normalized spacial score (nSPS) is 16.4. The third-order valence-corrected chi connectivity index (χ3v) is 4.49. The third kappa shape index (κ3) is 5.03. The van der Waals surface area contributed by atoms with Crippen molar-refractivity contribution in [1.29, 1.82) is 0 Å². The fourth-order valence-electron chi connectivity index (χ4n) is 3.03. The van der Waals surface area contributed by atoms with E-state index in [1.165, 1.54) is 36.8 Å². The lowest BCUT2D eigenvalue weighted by atomic mass is 9.86. The minimum absolute atomic E-state index is 0.201. The predicted octanol–water partition coefficient (Wildman–Crippen LogP) is 4.45. The van der Waals surface area contributed by atoms with Gasteiger partial charge in [-0.1, -0.05) is 45.7 Å². The zero-order valence-electron chi connectivity index (χ0n) is 14.2. The summed E-state index contributed by atoms with van der Waals surface area (Å²) in [7, 11) is 0. The lowest BCUT2D eigenvalue weighted by Gasteiger charge is -2.20. The van der Waals surface area contributed by atoms with Crippen LogP contribution in [-0.2, 0) is 5.41 Å². The smallest absolute Gasteiger partial charge is 0.122 e. The fourth-order valence-corrected chi connectivity index (χ4v) is 3.03. The van der Waals surface area contributed by atoms with Crippen LogP contribution >= 0.6 is 0 Å². The van der Waals surface area contributed by atoms with Gasteiger partial charge < -0.3 is 10.1 Å². The van der Waals surface area contributed by atoms with Crippen LogP contribution in [0.1, 0.15) is 57.6 Å². The number of aryl methyl sites for hydroxylation is 1. The van der Waals surface area contributed by atoms with E-state index in [1.807, 2.05) is 0 Å². The van der Waals surface area contributed by atoms with E-state index in [4.69, 9.17) is 4.74 Å². The van der Waals surface area contributed by atoms with Gasteiger partial charge in [0.25, 0.3) is 0 Å². The molecule has 0 heterocycles. The molecular formula is C19H31NO. The average Bonchev–Trinajstić information content (AvgIpc) is 2.92. The van der Waals surface area contributed by atoms with Crippen molar-refractivity contribution in [3.63, 3.8) is 0 Å². The third-order valence-electron chi connectivity index (χ3n) is 4.49. The molecule has 0 atom stereocenters. The van der Waals surface area contributed by atoms with Gasteiger partial charge >= 0.3 is 0 Å². The van der Waals surface area contributed by atoms with Gasteiger partial charge in [-0.3, -0.25) is 0 Å². The second kappa shape index (κ2) is 7.31. The van der Waals surface area contributed by atoms with Gasteiger partial charge in [-0.25, -0.2) is 0 Å². The van der Waals surface area contributed by atoms with Gasteiger partial charge in [0.2, 0.25) is 0 Å². The number of hydrogen-bond acceptors (Lipinski definition) is 2. The molecule has 1 aliphatic carbocycles. The first-order valence-corrected chi connectivity index (χ1v) is 8.41. The van der Waals surface area contributed by atoms with E-state index in [9.17, 15) is 0 Å². The van der Waals surface area contributed by atoms with Crippen LogP contribution in [0.4, 0.5) is 0 Å². The number of benzene rings is 1. The molecule has 0 aromatic heterocycles. The van der Waals surface area contributed by atoms with Crippen molar-refractivity contribution >= 4 is 0 Å². The molecule has 2 rings (SSSR count). The lowest BCUT2D eigenvalue weighted by Crippen LogP contribution is -2.26. The molecule has 0 unspecified atom stereocenters. The van der Waals surface area contributed by atoms with Crippen molar-refractivity contribution in [2.75, 3.05) is 19.7 Å². The fraction of sp³-hybridized carbons (Fsp3) is 0.684.